The first-order valence-corrected chi connectivity index (χ1v) is 22.6. The number of para-hydroxylation sites is 1. The summed E-state index contributed by atoms with van der Waals surface area (Å²) in [4.78, 5) is 8.39. The van der Waals surface area contributed by atoms with E-state index in [-0.39, 0.29) is 12.1 Å². The van der Waals surface area contributed by atoms with Gasteiger partial charge in [-0.2, -0.15) is 0 Å². The Morgan fingerprint density at radius 1 is 0.672 bits per heavy atom. The lowest BCUT2D eigenvalue weighted by Crippen LogP contribution is -2.37. The van der Waals surface area contributed by atoms with Gasteiger partial charge in [-0.3, -0.25) is 0 Å². The molecule has 4 nitrogen and oxygen atoms in total. The fourth-order valence-corrected chi connectivity index (χ4v) is 12.5. The summed E-state index contributed by atoms with van der Waals surface area (Å²) >= 11 is 0. The van der Waals surface area contributed by atoms with Gasteiger partial charge in [0, 0.05) is 57.1 Å². The molecule has 3 aliphatic heterocycles. The van der Waals surface area contributed by atoms with Crippen LogP contribution in [0.25, 0.3) is 28.9 Å². The van der Waals surface area contributed by atoms with E-state index < -0.39 is 0 Å². The highest BCUT2D eigenvalue weighted by atomic mass is 15.5. The third kappa shape index (κ3) is 5.24. The summed E-state index contributed by atoms with van der Waals surface area (Å²) in [6.07, 6.45) is 36.2. The molecule has 4 aromatic carbocycles. The summed E-state index contributed by atoms with van der Waals surface area (Å²) in [5.74, 6) is 1.24. The zero-order valence-electron chi connectivity index (χ0n) is 34.6. The molecule has 4 heteroatoms. The Morgan fingerprint density at radius 3 is 2.25 bits per heavy atom. The maximum absolute atomic E-state index is 2.93. The van der Waals surface area contributed by atoms with E-state index in [9.17, 15) is 0 Å². The van der Waals surface area contributed by atoms with Crippen LogP contribution in [0.15, 0.2) is 187 Å². The molecule has 1 aromatic heterocycles. The molecule has 8 atom stereocenters. The van der Waals surface area contributed by atoms with E-state index in [0.29, 0.717) is 36.0 Å². The molecule has 13 rings (SSSR count). The minimum atomic E-state index is 0.186. The Labute approximate surface area is 359 Å². The van der Waals surface area contributed by atoms with E-state index in [1.807, 2.05) is 0 Å². The summed E-state index contributed by atoms with van der Waals surface area (Å²) in [5.41, 5.74) is 18.0. The Morgan fingerprint density at radius 2 is 1.44 bits per heavy atom. The van der Waals surface area contributed by atoms with Crippen LogP contribution in [0.2, 0.25) is 0 Å². The van der Waals surface area contributed by atoms with Crippen molar-refractivity contribution in [2.45, 2.75) is 68.9 Å². The number of aromatic nitrogens is 1. The van der Waals surface area contributed by atoms with Gasteiger partial charge in [-0.25, -0.2) is 0 Å². The van der Waals surface area contributed by atoms with Crippen molar-refractivity contribution in [2.75, 3.05) is 9.80 Å². The van der Waals surface area contributed by atoms with E-state index >= 15 is 0 Å². The van der Waals surface area contributed by atoms with Crippen molar-refractivity contribution in [1.29, 1.82) is 0 Å². The first-order valence-electron chi connectivity index (χ1n) is 22.6. The summed E-state index contributed by atoms with van der Waals surface area (Å²) in [7, 11) is 0. The van der Waals surface area contributed by atoms with Crippen LogP contribution >= 0.6 is 0 Å². The van der Waals surface area contributed by atoms with Crippen LogP contribution in [-0.2, 0) is 6.42 Å². The fourth-order valence-electron chi connectivity index (χ4n) is 12.5. The number of hydrogen-bond donors (Lipinski definition) is 0. The Hall–Kier alpha value is -6.52. The van der Waals surface area contributed by atoms with E-state index in [4.69, 9.17) is 0 Å². The molecule has 0 amide bonds. The predicted octanol–water partition coefficient (Wildman–Crippen LogP) is 12.8. The highest BCUT2D eigenvalue weighted by Gasteiger charge is 2.64. The average Bonchev–Trinajstić information content (AvgIpc) is 4.04. The van der Waals surface area contributed by atoms with Gasteiger partial charge < -0.3 is 19.3 Å². The second-order valence-electron chi connectivity index (χ2n) is 18.2. The molecule has 61 heavy (non-hydrogen) atoms. The predicted molar refractivity (Wildman–Crippen MR) is 252 cm³/mol. The lowest BCUT2D eigenvalue weighted by molar-refractivity contribution is 0.277. The van der Waals surface area contributed by atoms with Gasteiger partial charge in [0.25, 0.3) is 0 Å². The number of nitrogens with zero attached hydrogens (tertiary/aromatic N) is 4. The number of anilines is 2. The van der Waals surface area contributed by atoms with Crippen LogP contribution < -0.4 is 9.80 Å². The minimum Gasteiger partial charge on any atom is -0.344 e. The number of benzene rings is 4. The number of hydrogen-bond acceptors (Lipinski definition) is 3. The van der Waals surface area contributed by atoms with Crippen LogP contribution in [0.3, 0.4) is 0 Å². The molecule has 0 N–H and O–H groups in total. The van der Waals surface area contributed by atoms with Crippen molar-refractivity contribution in [3.8, 4) is 11.1 Å². The molecular formula is C57H50N4. The fraction of sp³-hybridized carbons (Fsp3) is 0.228. The van der Waals surface area contributed by atoms with Gasteiger partial charge in [0.2, 0.25) is 0 Å². The molecule has 8 aliphatic rings. The second-order valence-corrected chi connectivity index (χ2v) is 18.2. The van der Waals surface area contributed by atoms with Crippen LogP contribution in [0.5, 0.6) is 0 Å². The maximum Gasteiger partial charge on any atom is 0.110 e. The standard InChI is InChI=1S/C57H50N4/c1-37-14-8-11-21-48(37)59-49-22-12-10-20-46(49)55-52(59)35-33-47-54-45-19-9-13-23-50(45)60-51-34-32-44(36-53(51)61(56(47)55)57(54)60)58(42-28-24-40(25-29-42)38-15-4-2-5-16-38)43-30-26-41(27-31-43)39-17-6-3-7-18-39/h2-11,13-21,23-30,32-33,35-37,43,47-48,51,54,56-57H,12,22,31,34H2,1H3. The summed E-state index contributed by atoms with van der Waals surface area (Å²) < 4.78 is 2.74. The molecule has 298 valence electrons. The zero-order valence-corrected chi connectivity index (χ0v) is 34.6. The van der Waals surface area contributed by atoms with Crippen molar-refractivity contribution in [3.05, 3.63) is 221 Å². The van der Waals surface area contributed by atoms with Crippen LogP contribution in [0, 0.1) is 11.8 Å². The first kappa shape index (κ1) is 35.3. The van der Waals surface area contributed by atoms with Crippen molar-refractivity contribution in [3.63, 3.8) is 0 Å². The van der Waals surface area contributed by atoms with Gasteiger partial charge in [0.15, 0.2) is 0 Å². The molecule has 0 bridgehead atoms. The van der Waals surface area contributed by atoms with Crippen molar-refractivity contribution in [2.24, 2.45) is 11.8 Å². The quantitative estimate of drug-likeness (QED) is 0.170. The van der Waals surface area contributed by atoms with Gasteiger partial charge in [-0.05, 0) is 89.8 Å². The highest BCUT2D eigenvalue weighted by molar-refractivity contribution is 5.78. The van der Waals surface area contributed by atoms with Crippen molar-refractivity contribution >= 4 is 29.1 Å². The van der Waals surface area contributed by atoms with E-state index in [0.717, 1.165) is 25.7 Å². The molecule has 2 fully saturated rings. The normalized spacial score (nSPS) is 28.0. The molecule has 0 saturated carbocycles. The molecule has 0 spiro atoms. The summed E-state index contributed by atoms with van der Waals surface area (Å²) in [6.45, 7) is 2.39. The van der Waals surface area contributed by atoms with Crippen molar-refractivity contribution in [1.82, 2.24) is 9.47 Å². The van der Waals surface area contributed by atoms with Gasteiger partial charge in [0.1, 0.15) is 6.17 Å². The topological polar surface area (TPSA) is 14.7 Å². The smallest absolute Gasteiger partial charge is 0.110 e. The van der Waals surface area contributed by atoms with E-state index in [1.165, 1.54) is 67.5 Å². The SMILES string of the molecule is CC1C=CC=CC1n1c2c(c3c1CCC=C3)C1C(C=C2)C2c3ccccc3N3C4CC=C(N(c5ccc(-c6ccccc6)cc5)C5C=CC(c6ccccc6)=CC5)C=C4N1C23. The van der Waals surface area contributed by atoms with E-state index in [1.54, 1.807) is 5.56 Å². The van der Waals surface area contributed by atoms with E-state index in [2.05, 4.69) is 214 Å². The molecule has 0 radical (unpaired) electrons. The molecule has 2 saturated heterocycles. The average molecular weight is 791 g/mol. The lowest BCUT2D eigenvalue weighted by atomic mass is 9.78. The van der Waals surface area contributed by atoms with Crippen molar-refractivity contribution < 1.29 is 0 Å². The molecule has 5 aromatic rings. The number of allylic oxidation sites excluding steroid dienone is 8. The van der Waals surface area contributed by atoms with Crippen LogP contribution in [-0.4, -0.2) is 27.7 Å². The summed E-state index contributed by atoms with van der Waals surface area (Å²) in [5, 5.41) is 0. The van der Waals surface area contributed by atoms with Gasteiger partial charge in [-0.1, -0.05) is 165 Å². The highest BCUT2D eigenvalue weighted by Crippen LogP contribution is 2.66. The maximum atomic E-state index is 2.93. The minimum absolute atomic E-state index is 0.186. The van der Waals surface area contributed by atoms with Crippen LogP contribution in [0.4, 0.5) is 11.4 Å². The lowest BCUT2D eigenvalue weighted by Gasteiger charge is -2.38. The Bertz CT molecular complexity index is 2830. The monoisotopic (exact) mass is 790 g/mol. The number of rotatable bonds is 6. The molecule has 4 heterocycles. The van der Waals surface area contributed by atoms with Gasteiger partial charge in [-0.15, -0.1) is 0 Å². The Kier molecular flexibility index (Phi) is 7.95. The Balaban J connectivity index is 0.947. The third-order valence-electron chi connectivity index (χ3n) is 15.1. The van der Waals surface area contributed by atoms with Crippen LogP contribution in [0.1, 0.15) is 77.8 Å². The first-order chi connectivity index (χ1) is 30.2. The van der Waals surface area contributed by atoms with Gasteiger partial charge >= 0.3 is 0 Å². The second kappa shape index (κ2) is 13.8. The van der Waals surface area contributed by atoms with Gasteiger partial charge in [0.05, 0.1) is 24.2 Å². The number of fused-ring (bicyclic) bond motifs is 13. The molecular weight excluding hydrogens is 741 g/mol. The third-order valence-corrected chi connectivity index (χ3v) is 15.1. The molecule has 5 aliphatic carbocycles. The zero-order chi connectivity index (χ0) is 40.2. The summed E-state index contributed by atoms with van der Waals surface area (Å²) in [6, 6.07) is 41.3. The largest absolute Gasteiger partial charge is 0.344 e. The molecule has 8 unspecified atom stereocenters.